The second-order valence-electron chi connectivity index (χ2n) is 11.4. The van der Waals surface area contributed by atoms with E-state index in [0.29, 0.717) is 18.5 Å². The molecule has 2 heterocycles. The fourth-order valence-corrected chi connectivity index (χ4v) is 6.69. The van der Waals surface area contributed by atoms with Gasteiger partial charge in [0.05, 0.1) is 17.5 Å². The van der Waals surface area contributed by atoms with Crippen molar-refractivity contribution in [1.82, 2.24) is 10.6 Å². The molecule has 0 saturated carbocycles. The van der Waals surface area contributed by atoms with Crippen molar-refractivity contribution in [2.24, 2.45) is 17.6 Å². The van der Waals surface area contributed by atoms with E-state index in [2.05, 4.69) is 10.6 Å². The molecule has 2 fully saturated rings. The van der Waals surface area contributed by atoms with Crippen LogP contribution in [0.1, 0.15) is 60.5 Å². The molecule has 44 heavy (non-hydrogen) atoms. The van der Waals surface area contributed by atoms with E-state index in [0.717, 1.165) is 27.8 Å². The Morgan fingerprint density at radius 1 is 0.909 bits per heavy atom. The number of carboxylic acids is 1. The summed E-state index contributed by atoms with van der Waals surface area (Å²) in [7, 11) is 0. The lowest BCUT2D eigenvalue weighted by Gasteiger charge is -2.32. The van der Waals surface area contributed by atoms with Crippen LogP contribution < -0.4 is 21.3 Å². The standard InChI is InChI=1S/C35H38N4O5/c1-3-24-12-8-13-25(4-2)30(24)39-31(40)27-28(32(39)41)35(33(42)43,20-9-21-37-34(36)44)38-29(27)26-18-16-23(17-19-26)15-14-22-10-6-5-7-11-22/h5-8,10-19,27-29,38H,3-4,9,20-21H2,1-2H3,(H,42,43)(H3,36,37,44)/b15-14+. The van der Waals surface area contributed by atoms with Gasteiger partial charge in [0.25, 0.3) is 0 Å². The number of nitrogens with zero attached hydrogens (tertiary/aromatic N) is 1. The number of nitrogens with two attached hydrogens (primary N) is 1. The third-order valence-electron chi connectivity index (χ3n) is 8.83. The molecule has 3 aromatic carbocycles. The zero-order valence-corrected chi connectivity index (χ0v) is 25.0. The number of carbonyl (C=O) groups is 4. The van der Waals surface area contributed by atoms with Gasteiger partial charge in [-0.1, -0.05) is 98.8 Å². The van der Waals surface area contributed by atoms with Crippen molar-refractivity contribution in [3.8, 4) is 0 Å². The number of carboxylic acid groups (broad SMARTS) is 1. The smallest absolute Gasteiger partial charge is 0.324 e. The molecular weight excluding hydrogens is 556 g/mol. The zero-order chi connectivity index (χ0) is 31.4. The molecule has 0 spiro atoms. The fourth-order valence-electron chi connectivity index (χ4n) is 6.69. The van der Waals surface area contributed by atoms with Gasteiger partial charge in [0.1, 0.15) is 5.54 Å². The van der Waals surface area contributed by atoms with Crippen molar-refractivity contribution < 1.29 is 24.3 Å². The summed E-state index contributed by atoms with van der Waals surface area (Å²) in [5, 5.41) is 16.4. The molecule has 4 unspecified atom stereocenters. The van der Waals surface area contributed by atoms with Crippen LogP contribution in [-0.2, 0) is 27.2 Å². The molecule has 3 aromatic rings. The predicted molar refractivity (Wildman–Crippen MR) is 170 cm³/mol. The van der Waals surface area contributed by atoms with E-state index in [1.807, 2.05) is 98.8 Å². The van der Waals surface area contributed by atoms with Gasteiger partial charge in [-0.25, -0.2) is 9.69 Å². The second-order valence-corrected chi connectivity index (χ2v) is 11.4. The van der Waals surface area contributed by atoms with Crippen molar-refractivity contribution in [3.63, 3.8) is 0 Å². The normalized spacial score (nSPS) is 22.9. The Kier molecular flexibility index (Phi) is 8.96. The number of primary amides is 1. The molecule has 0 radical (unpaired) electrons. The first-order valence-corrected chi connectivity index (χ1v) is 15.1. The summed E-state index contributed by atoms with van der Waals surface area (Å²) in [5.74, 6) is -4.20. The summed E-state index contributed by atoms with van der Waals surface area (Å²) >= 11 is 0. The monoisotopic (exact) mass is 594 g/mol. The highest BCUT2D eigenvalue weighted by atomic mass is 16.4. The van der Waals surface area contributed by atoms with E-state index in [1.54, 1.807) is 0 Å². The van der Waals surface area contributed by atoms with E-state index in [1.165, 1.54) is 4.90 Å². The van der Waals surface area contributed by atoms with Crippen LogP contribution in [0.25, 0.3) is 12.2 Å². The van der Waals surface area contributed by atoms with Crippen molar-refractivity contribution in [2.75, 3.05) is 11.4 Å². The lowest BCUT2D eigenvalue weighted by molar-refractivity contribution is -0.149. The summed E-state index contributed by atoms with van der Waals surface area (Å²) in [6.45, 7) is 4.08. The number of urea groups is 1. The van der Waals surface area contributed by atoms with Gasteiger partial charge in [0.2, 0.25) is 11.8 Å². The number of benzene rings is 3. The van der Waals surface area contributed by atoms with Gasteiger partial charge in [0, 0.05) is 12.6 Å². The minimum Gasteiger partial charge on any atom is -0.480 e. The Bertz CT molecular complexity index is 1560. The number of amides is 4. The largest absolute Gasteiger partial charge is 0.480 e. The quantitative estimate of drug-likeness (QED) is 0.144. The number of carbonyl (C=O) groups excluding carboxylic acids is 3. The number of para-hydroxylation sites is 1. The summed E-state index contributed by atoms with van der Waals surface area (Å²) in [6.07, 6.45) is 5.46. The summed E-state index contributed by atoms with van der Waals surface area (Å²) < 4.78 is 0. The van der Waals surface area contributed by atoms with E-state index in [-0.39, 0.29) is 19.4 Å². The molecule has 4 amide bonds. The Hall–Kier alpha value is -4.76. The van der Waals surface area contributed by atoms with Crippen LogP contribution in [-0.4, -0.2) is 41.0 Å². The molecule has 2 aliphatic heterocycles. The maximum atomic E-state index is 14.4. The Labute approximate surface area is 257 Å². The number of nitrogens with one attached hydrogen (secondary N) is 2. The van der Waals surface area contributed by atoms with Crippen LogP contribution >= 0.6 is 0 Å². The van der Waals surface area contributed by atoms with Crippen molar-refractivity contribution in [3.05, 3.63) is 101 Å². The molecule has 5 rings (SSSR count). The highest BCUT2D eigenvalue weighted by Gasteiger charge is 2.68. The first kappa shape index (κ1) is 30.7. The lowest BCUT2D eigenvalue weighted by atomic mass is 9.77. The molecule has 4 atom stereocenters. The van der Waals surface area contributed by atoms with Gasteiger partial charge >= 0.3 is 12.0 Å². The first-order chi connectivity index (χ1) is 21.2. The third-order valence-corrected chi connectivity index (χ3v) is 8.83. The minimum absolute atomic E-state index is 0.0150. The van der Waals surface area contributed by atoms with Crippen LogP contribution in [0.4, 0.5) is 10.5 Å². The average Bonchev–Trinajstić information content (AvgIpc) is 3.51. The van der Waals surface area contributed by atoms with E-state index in [4.69, 9.17) is 5.73 Å². The van der Waals surface area contributed by atoms with Gasteiger partial charge < -0.3 is 16.2 Å². The Balaban J connectivity index is 1.55. The third kappa shape index (κ3) is 5.63. The van der Waals surface area contributed by atoms with E-state index in [9.17, 15) is 24.3 Å². The van der Waals surface area contributed by atoms with Gasteiger partial charge in [0.15, 0.2) is 0 Å². The number of hydrogen-bond donors (Lipinski definition) is 4. The van der Waals surface area contributed by atoms with Crippen molar-refractivity contribution >= 4 is 41.7 Å². The van der Waals surface area contributed by atoms with Crippen LogP contribution in [0.2, 0.25) is 0 Å². The average molecular weight is 595 g/mol. The number of hydrogen-bond acceptors (Lipinski definition) is 5. The summed E-state index contributed by atoms with van der Waals surface area (Å²) in [6, 6.07) is 21.8. The predicted octanol–water partition coefficient (Wildman–Crippen LogP) is 4.70. The topological polar surface area (TPSA) is 142 Å². The number of anilines is 1. The van der Waals surface area contributed by atoms with Gasteiger partial charge in [-0.05, 0) is 53.5 Å². The van der Waals surface area contributed by atoms with Crippen molar-refractivity contribution in [1.29, 1.82) is 0 Å². The van der Waals surface area contributed by atoms with Gasteiger partial charge in [-0.2, -0.15) is 0 Å². The Morgan fingerprint density at radius 2 is 1.52 bits per heavy atom. The minimum atomic E-state index is -1.73. The zero-order valence-electron chi connectivity index (χ0n) is 25.0. The highest BCUT2D eigenvalue weighted by molar-refractivity contribution is 6.25. The number of rotatable bonds is 11. The maximum absolute atomic E-state index is 14.4. The SMILES string of the molecule is CCc1cccc(CC)c1N1C(=O)C2C(c3ccc(/C=C/c4ccccc4)cc3)NC(CCCNC(N)=O)(C(=O)O)C2C1=O. The van der Waals surface area contributed by atoms with Gasteiger partial charge in [-0.3, -0.25) is 19.7 Å². The van der Waals surface area contributed by atoms with E-state index < -0.39 is 47.2 Å². The molecule has 0 aliphatic carbocycles. The summed E-state index contributed by atoms with van der Waals surface area (Å²) in [4.78, 5) is 54.3. The molecule has 5 N–H and O–H groups in total. The van der Waals surface area contributed by atoms with Crippen LogP contribution in [0.3, 0.4) is 0 Å². The number of aryl methyl sites for hydroxylation is 2. The first-order valence-electron chi connectivity index (χ1n) is 15.1. The fraction of sp³-hybridized carbons (Fsp3) is 0.314. The molecule has 0 bridgehead atoms. The maximum Gasteiger partial charge on any atom is 0.324 e. The number of fused-ring (bicyclic) bond motifs is 1. The van der Waals surface area contributed by atoms with Gasteiger partial charge in [-0.15, -0.1) is 0 Å². The van der Waals surface area contributed by atoms with Crippen LogP contribution in [0.5, 0.6) is 0 Å². The van der Waals surface area contributed by atoms with Crippen molar-refractivity contribution in [2.45, 2.75) is 51.1 Å². The molecule has 2 aliphatic rings. The molecule has 228 valence electrons. The van der Waals surface area contributed by atoms with E-state index >= 15 is 0 Å². The molecule has 9 nitrogen and oxygen atoms in total. The molecule has 2 saturated heterocycles. The number of aliphatic carboxylic acids is 1. The molecule has 0 aromatic heterocycles. The highest BCUT2D eigenvalue weighted by Crippen LogP contribution is 2.52. The van der Waals surface area contributed by atoms with Crippen LogP contribution in [0, 0.1) is 11.8 Å². The summed E-state index contributed by atoms with van der Waals surface area (Å²) in [5.41, 5.74) is 8.49. The second kappa shape index (κ2) is 12.9. The molecular formula is C35H38N4O5. The Morgan fingerprint density at radius 3 is 2.09 bits per heavy atom. The molecule has 9 heteroatoms. The number of imide groups is 1. The lowest BCUT2D eigenvalue weighted by Crippen LogP contribution is -2.56. The van der Waals surface area contributed by atoms with Crippen LogP contribution in [0.15, 0.2) is 72.8 Å².